The van der Waals surface area contributed by atoms with Crippen molar-refractivity contribution in [2.75, 3.05) is 0 Å². The number of hydrogen-bond acceptors (Lipinski definition) is 1. The van der Waals surface area contributed by atoms with Gasteiger partial charge in [-0.25, -0.2) is 4.68 Å². The standard InChI is InChI=1S/C13H14N2/c1-9-10(2)12-7-8-14-15(12)13-6-4-3-5-11(9)13/h3-10H,1-2H3/t9-,10-/m0/s1. The maximum Gasteiger partial charge on any atom is 0.0683 e. The van der Waals surface area contributed by atoms with E-state index in [4.69, 9.17) is 0 Å². The molecule has 0 fully saturated rings. The number of aromatic nitrogens is 2. The van der Waals surface area contributed by atoms with Crippen LogP contribution in [0.2, 0.25) is 0 Å². The Hall–Kier alpha value is -1.57. The number of hydrogen-bond donors (Lipinski definition) is 0. The van der Waals surface area contributed by atoms with E-state index in [0.717, 1.165) is 0 Å². The predicted molar refractivity (Wildman–Crippen MR) is 60.4 cm³/mol. The first-order chi connectivity index (χ1) is 7.29. The minimum atomic E-state index is 0.544. The first-order valence-corrected chi connectivity index (χ1v) is 5.42. The van der Waals surface area contributed by atoms with Crippen molar-refractivity contribution < 1.29 is 0 Å². The van der Waals surface area contributed by atoms with Gasteiger partial charge in [-0.05, 0) is 23.6 Å². The third kappa shape index (κ3) is 1.08. The van der Waals surface area contributed by atoms with Crippen LogP contribution in [0.15, 0.2) is 36.5 Å². The lowest BCUT2D eigenvalue weighted by Gasteiger charge is -2.29. The molecule has 0 spiro atoms. The zero-order valence-corrected chi connectivity index (χ0v) is 9.01. The fourth-order valence-corrected chi connectivity index (χ4v) is 2.45. The molecular formula is C13H14N2. The van der Waals surface area contributed by atoms with Crippen molar-refractivity contribution in [1.82, 2.24) is 9.78 Å². The van der Waals surface area contributed by atoms with Crippen molar-refractivity contribution in [3.8, 4) is 5.69 Å². The molecule has 0 amide bonds. The zero-order valence-electron chi connectivity index (χ0n) is 9.01. The van der Waals surface area contributed by atoms with Crippen molar-refractivity contribution in [1.29, 1.82) is 0 Å². The van der Waals surface area contributed by atoms with Crippen LogP contribution >= 0.6 is 0 Å². The van der Waals surface area contributed by atoms with Crippen molar-refractivity contribution >= 4 is 0 Å². The second-order valence-electron chi connectivity index (χ2n) is 4.30. The highest BCUT2D eigenvalue weighted by Crippen LogP contribution is 2.40. The lowest BCUT2D eigenvalue weighted by Crippen LogP contribution is -2.19. The van der Waals surface area contributed by atoms with Crippen molar-refractivity contribution in [3.63, 3.8) is 0 Å². The number of para-hydroxylation sites is 1. The molecule has 1 aromatic carbocycles. The van der Waals surface area contributed by atoms with Gasteiger partial charge in [-0.3, -0.25) is 0 Å². The molecule has 0 radical (unpaired) electrons. The quantitative estimate of drug-likeness (QED) is 0.636. The molecule has 1 aliphatic rings. The fraction of sp³-hybridized carbons (Fsp3) is 0.308. The fourth-order valence-electron chi connectivity index (χ4n) is 2.45. The van der Waals surface area contributed by atoms with Crippen LogP contribution in [0.25, 0.3) is 5.69 Å². The third-order valence-electron chi connectivity index (χ3n) is 3.54. The molecule has 2 heterocycles. The Morgan fingerprint density at radius 1 is 1.07 bits per heavy atom. The Morgan fingerprint density at radius 3 is 2.73 bits per heavy atom. The van der Waals surface area contributed by atoms with Crippen molar-refractivity contribution in [3.05, 3.63) is 47.8 Å². The van der Waals surface area contributed by atoms with Gasteiger partial charge in [0.2, 0.25) is 0 Å². The normalized spacial score (nSPS) is 23.3. The Bertz CT molecular complexity index is 499. The smallest absolute Gasteiger partial charge is 0.0683 e. The highest BCUT2D eigenvalue weighted by atomic mass is 15.3. The van der Waals surface area contributed by atoms with Crippen LogP contribution in [0.4, 0.5) is 0 Å². The van der Waals surface area contributed by atoms with Crippen LogP contribution in [0.3, 0.4) is 0 Å². The van der Waals surface area contributed by atoms with Crippen LogP contribution < -0.4 is 0 Å². The van der Waals surface area contributed by atoms with Gasteiger partial charge in [0.25, 0.3) is 0 Å². The number of benzene rings is 1. The first-order valence-electron chi connectivity index (χ1n) is 5.42. The molecule has 76 valence electrons. The highest BCUT2D eigenvalue weighted by Gasteiger charge is 2.27. The van der Waals surface area contributed by atoms with Crippen LogP contribution in [0.1, 0.15) is 36.9 Å². The van der Waals surface area contributed by atoms with E-state index >= 15 is 0 Å². The maximum absolute atomic E-state index is 4.40. The van der Waals surface area contributed by atoms with Gasteiger partial charge in [0.05, 0.1) is 5.69 Å². The SMILES string of the molecule is C[C@@H]1c2ccccc2-n2nccc2[C@H]1C. The van der Waals surface area contributed by atoms with Crippen LogP contribution in [0.5, 0.6) is 0 Å². The van der Waals surface area contributed by atoms with Gasteiger partial charge in [-0.1, -0.05) is 32.0 Å². The summed E-state index contributed by atoms with van der Waals surface area (Å²) >= 11 is 0. The van der Waals surface area contributed by atoms with Gasteiger partial charge in [0.15, 0.2) is 0 Å². The molecule has 0 bridgehead atoms. The molecule has 0 saturated heterocycles. The van der Waals surface area contributed by atoms with E-state index in [1.807, 2.05) is 6.20 Å². The molecule has 0 unspecified atom stereocenters. The summed E-state index contributed by atoms with van der Waals surface area (Å²) in [4.78, 5) is 0. The minimum Gasteiger partial charge on any atom is -0.237 e. The molecule has 2 heteroatoms. The molecule has 2 nitrogen and oxygen atoms in total. The van der Waals surface area contributed by atoms with E-state index in [-0.39, 0.29) is 0 Å². The van der Waals surface area contributed by atoms with E-state index < -0.39 is 0 Å². The van der Waals surface area contributed by atoms with Crippen LogP contribution in [-0.4, -0.2) is 9.78 Å². The Morgan fingerprint density at radius 2 is 1.87 bits per heavy atom. The van der Waals surface area contributed by atoms with Gasteiger partial charge < -0.3 is 0 Å². The van der Waals surface area contributed by atoms with Crippen molar-refractivity contribution in [2.45, 2.75) is 25.7 Å². The lowest BCUT2D eigenvalue weighted by molar-refractivity contribution is 0.552. The van der Waals surface area contributed by atoms with Gasteiger partial charge in [0.1, 0.15) is 0 Å². The lowest BCUT2D eigenvalue weighted by atomic mass is 9.83. The number of fused-ring (bicyclic) bond motifs is 3. The zero-order chi connectivity index (χ0) is 10.4. The van der Waals surface area contributed by atoms with Crippen LogP contribution in [0, 0.1) is 0 Å². The first kappa shape index (κ1) is 8.72. The van der Waals surface area contributed by atoms with E-state index in [2.05, 4.69) is 54.0 Å². The largest absolute Gasteiger partial charge is 0.237 e. The summed E-state index contributed by atoms with van der Waals surface area (Å²) in [5, 5.41) is 4.40. The Kier molecular flexibility index (Phi) is 1.72. The summed E-state index contributed by atoms with van der Waals surface area (Å²) < 4.78 is 2.07. The van der Waals surface area contributed by atoms with Gasteiger partial charge >= 0.3 is 0 Å². The Labute approximate surface area is 89.5 Å². The number of rotatable bonds is 0. The molecular weight excluding hydrogens is 184 g/mol. The summed E-state index contributed by atoms with van der Waals surface area (Å²) in [6.07, 6.45) is 1.89. The maximum atomic E-state index is 4.40. The minimum absolute atomic E-state index is 0.544. The second-order valence-corrected chi connectivity index (χ2v) is 4.30. The van der Waals surface area contributed by atoms with Gasteiger partial charge in [-0.15, -0.1) is 0 Å². The molecule has 1 aliphatic heterocycles. The molecule has 0 aliphatic carbocycles. The van der Waals surface area contributed by atoms with Gasteiger partial charge in [-0.2, -0.15) is 5.10 Å². The molecule has 15 heavy (non-hydrogen) atoms. The highest BCUT2D eigenvalue weighted by molar-refractivity contribution is 5.48. The Balaban J connectivity index is 2.32. The summed E-state index contributed by atoms with van der Waals surface area (Å²) in [6.45, 7) is 4.56. The van der Waals surface area contributed by atoms with E-state index in [9.17, 15) is 0 Å². The summed E-state index contributed by atoms with van der Waals surface area (Å²) in [5.74, 6) is 1.12. The summed E-state index contributed by atoms with van der Waals surface area (Å²) in [6, 6.07) is 10.7. The molecule has 0 N–H and O–H groups in total. The van der Waals surface area contributed by atoms with Gasteiger partial charge in [0, 0.05) is 17.8 Å². The van der Waals surface area contributed by atoms with E-state index in [1.165, 1.54) is 16.9 Å². The summed E-state index contributed by atoms with van der Waals surface area (Å²) in [7, 11) is 0. The molecule has 2 atom stereocenters. The third-order valence-corrected chi connectivity index (χ3v) is 3.54. The average molecular weight is 198 g/mol. The molecule has 0 saturated carbocycles. The van der Waals surface area contributed by atoms with Crippen molar-refractivity contribution in [2.24, 2.45) is 0 Å². The monoisotopic (exact) mass is 198 g/mol. The van der Waals surface area contributed by atoms with E-state index in [1.54, 1.807) is 0 Å². The second kappa shape index (κ2) is 2.96. The topological polar surface area (TPSA) is 17.8 Å². The number of nitrogens with zero attached hydrogens (tertiary/aromatic N) is 2. The molecule has 3 rings (SSSR count). The average Bonchev–Trinajstić information content (AvgIpc) is 2.75. The molecule has 2 aromatic rings. The van der Waals surface area contributed by atoms with Crippen LogP contribution in [-0.2, 0) is 0 Å². The predicted octanol–water partition coefficient (Wildman–Crippen LogP) is 3.09. The molecule has 1 aromatic heterocycles. The summed E-state index contributed by atoms with van der Waals surface area (Å²) in [5.41, 5.74) is 3.96. The van der Waals surface area contributed by atoms with E-state index in [0.29, 0.717) is 11.8 Å².